The van der Waals surface area contributed by atoms with E-state index in [4.69, 9.17) is 0 Å². The average molecular weight is 293 g/mol. The van der Waals surface area contributed by atoms with E-state index < -0.39 is 0 Å². The smallest absolute Gasteiger partial charge is 0.0113 e. The van der Waals surface area contributed by atoms with Crippen LogP contribution in [0.4, 0.5) is 0 Å². The van der Waals surface area contributed by atoms with Crippen LogP contribution in [0.2, 0.25) is 0 Å². The summed E-state index contributed by atoms with van der Waals surface area (Å²) < 4.78 is 0. The molecule has 21 heavy (non-hydrogen) atoms. The molecule has 6 unspecified atom stereocenters. The topological polar surface area (TPSA) is 24.1 Å². The first-order valence-electron chi connectivity index (χ1n) is 9.73. The first-order chi connectivity index (χ1) is 10.2. The summed E-state index contributed by atoms with van der Waals surface area (Å²) in [5.74, 6) is 2.71. The molecule has 2 nitrogen and oxygen atoms in total. The highest BCUT2D eigenvalue weighted by Gasteiger charge is 2.35. The molecule has 1 saturated heterocycles. The Balaban J connectivity index is 1.58. The molecule has 0 aromatic carbocycles. The second-order valence-corrected chi connectivity index (χ2v) is 8.28. The van der Waals surface area contributed by atoms with Gasteiger partial charge in [0.25, 0.3) is 0 Å². The zero-order valence-electron chi connectivity index (χ0n) is 14.2. The van der Waals surface area contributed by atoms with Gasteiger partial charge < -0.3 is 10.6 Å². The highest BCUT2D eigenvalue weighted by Crippen LogP contribution is 2.34. The van der Waals surface area contributed by atoms with Crippen LogP contribution >= 0.6 is 0 Å². The number of rotatable bonds is 3. The summed E-state index contributed by atoms with van der Waals surface area (Å²) in [6.45, 7) is 6.16. The third-order valence-electron chi connectivity index (χ3n) is 6.54. The minimum atomic E-state index is 0.787. The van der Waals surface area contributed by atoms with Gasteiger partial charge in [0.1, 0.15) is 0 Å². The third-order valence-corrected chi connectivity index (χ3v) is 6.54. The summed E-state index contributed by atoms with van der Waals surface area (Å²) >= 11 is 0. The van der Waals surface area contributed by atoms with Crippen molar-refractivity contribution in [1.29, 1.82) is 0 Å². The Morgan fingerprint density at radius 1 is 0.810 bits per heavy atom. The first kappa shape index (κ1) is 15.8. The van der Waals surface area contributed by atoms with Gasteiger partial charge in [0, 0.05) is 18.1 Å². The molecule has 2 heteroatoms. The molecule has 2 saturated carbocycles. The fourth-order valence-electron chi connectivity index (χ4n) is 5.28. The van der Waals surface area contributed by atoms with Gasteiger partial charge in [-0.2, -0.15) is 0 Å². The van der Waals surface area contributed by atoms with Crippen molar-refractivity contribution in [1.82, 2.24) is 10.6 Å². The molecular weight excluding hydrogens is 256 g/mol. The normalized spacial score (nSPS) is 45.4. The van der Waals surface area contributed by atoms with Crippen molar-refractivity contribution in [2.45, 2.75) is 96.2 Å². The van der Waals surface area contributed by atoms with Gasteiger partial charge in [0.15, 0.2) is 0 Å². The summed E-state index contributed by atoms with van der Waals surface area (Å²) in [4.78, 5) is 0. The van der Waals surface area contributed by atoms with Crippen molar-refractivity contribution in [2.75, 3.05) is 6.54 Å². The van der Waals surface area contributed by atoms with Crippen LogP contribution in [0.3, 0.4) is 0 Å². The van der Waals surface area contributed by atoms with Gasteiger partial charge in [-0.3, -0.25) is 0 Å². The fourth-order valence-corrected chi connectivity index (χ4v) is 5.28. The second kappa shape index (κ2) is 7.46. The van der Waals surface area contributed by atoms with E-state index in [-0.39, 0.29) is 0 Å². The predicted molar refractivity (Wildman–Crippen MR) is 90.5 cm³/mol. The molecule has 2 N–H and O–H groups in total. The van der Waals surface area contributed by atoms with Crippen LogP contribution in [-0.4, -0.2) is 24.7 Å². The highest BCUT2D eigenvalue weighted by atomic mass is 15.0. The standard InChI is InChI=1S/C19H36N2/c1-14-10-11-17(15(2)13-14)21-19-9-4-3-7-16(19)18-8-5-6-12-20-18/h14-21H,3-13H2,1-2H3. The van der Waals surface area contributed by atoms with Crippen LogP contribution in [-0.2, 0) is 0 Å². The minimum Gasteiger partial charge on any atom is -0.314 e. The Morgan fingerprint density at radius 3 is 2.38 bits per heavy atom. The quantitative estimate of drug-likeness (QED) is 0.818. The largest absolute Gasteiger partial charge is 0.314 e. The van der Waals surface area contributed by atoms with E-state index in [1.165, 1.54) is 70.8 Å². The predicted octanol–water partition coefficient (Wildman–Crippen LogP) is 4.10. The van der Waals surface area contributed by atoms with Gasteiger partial charge in [-0.25, -0.2) is 0 Å². The summed E-state index contributed by atoms with van der Waals surface area (Å²) in [7, 11) is 0. The maximum Gasteiger partial charge on any atom is 0.0113 e. The van der Waals surface area contributed by atoms with Crippen LogP contribution < -0.4 is 10.6 Å². The SMILES string of the molecule is CC1CCC(NC2CCCCC2C2CCCCN2)C(C)C1. The zero-order chi connectivity index (χ0) is 14.7. The van der Waals surface area contributed by atoms with Gasteiger partial charge >= 0.3 is 0 Å². The lowest BCUT2D eigenvalue weighted by Gasteiger charge is -2.43. The molecule has 3 fully saturated rings. The maximum absolute atomic E-state index is 4.14. The van der Waals surface area contributed by atoms with Crippen LogP contribution in [0, 0.1) is 17.8 Å². The van der Waals surface area contributed by atoms with E-state index in [1.807, 2.05) is 0 Å². The van der Waals surface area contributed by atoms with E-state index in [1.54, 1.807) is 0 Å². The fraction of sp³-hybridized carbons (Fsp3) is 1.00. The van der Waals surface area contributed by atoms with Crippen LogP contribution in [0.25, 0.3) is 0 Å². The lowest BCUT2D eigenvalue weighted by molar-refractivity contribution is 0.139. The van der Waals surface area contributed by atoms with Gasteiger partial charge in [-0.15, -0.1) is 0 Å². The van der Waals surface area contributed by atoms with Crippen LogP contribution in [0.15, 0.2) is 0 Å². The Hall–Kier alpha value is -0.0800. The molecule has 0 bridgehead atoms. The molecule has 0 radical (unpaired) electrons. The molecule has 1 aliphatic heterocycles. The van der Waals surface area contributed by atoms with E-state index >= 15 is 0 Å². The van der Waals surface area contributed by atoms with Crippen LogP contribution in [0.5, 0.6) is 0 Å². The van der Waals surface area contributed by atoms with E-state index in [9.17, 15) is 0 Å². The number of hydrogen-bond donors (Lipinski definition) is 2. The van der Waals surface area contributed by atoms with Crippen molar-refractivity contribution >= 4 is 0 Å². The van der Waals surface area contributed by atoms with Crippen molar-refractivity contribution < 1.29 is 0 Å². The Labute approximate surface area is 131 Å². The lowest BCUT2D eigenvalue weighted by Crippen LogP contribution is -2.54. The molecule has 1 heterocycles. The van der Waals surface area contributed by atoms with Gasteiger partial charge in [-0.1, -0.05) is 33.1 Å². The molecule has 0 aromatic rings. The number of hydrogen-bond acceptors (Lipinski definition) is 2. The van der Waals surface area contributed by atoms with Crippen molar-refractivity contribution in [3.63, 3.8) is 0 Å². The number of nitrogens with one attached hydrogen (secondary N) is 2. The van der Waals surface area contributed by atoms with E-state index in [2.05, 4.69) is 24.5 Å². The molecule has 0 amide bonds. The minimum absolute atomic E-state index is 0.787. The first-order valence-corrected chi connectivity index (χ1v) is 9.73. The highest BCUT2D eigenvalue weighted by molar-refractivity contribution is 4.93. The summed E-state index contributed by atoms with van der Waals surface area (Å²) in [5.41, 5.74) is 0. The van der Waals surface area contributed by atoms with Gasteiger partial charge in [0.05, 0.1) is 0 Å². The molecule has 0 aromatic heterocycles. The molecule has 0 spiro atoms. The summed E-state index contributed by atoms with van der Waals surface area (Å²) in [6, 6.07) is 2.37. The monoisotopic (exact) mass is 292 g/mol. The Bertz CT molecular complexity index is 311. The number of piperidine rings is 1. The average Bonchev–Trinajstić information content (AvgIpc) is 2.51. The van der Waals surface area contributed by atoms with Gasteiger partial charge in [-0.05, 0) is 69.2 Å². The molecule has 122 valence electrons. The van der Waals surface area contributed by atoms with Gasteiger partial charge in [0.2, 0.25) is 0 Å². The lowest BCUT2D eigenvalue weighted by atomic mass is 9.75. The second-order valence-electron chi connectivity index (χ2n) is 8.28. The summed E-state index contributed by atoms with van der Waals surface area (Å²) in [6.07, 6.45) is 14.3. The molecule has 2 aliphatic carbocycles. The zero-order valence-corrected chi connectivity index (χ0v) is 14.2. The van der Waals surface area contributed by atoms with Crippen molar-refractivity contribution in [3.05, 3.63) is 0 Å². The maximum atomic E-state index is 4.14. The molecular formula is C19H36N2. The van der Waals surface area contributed by atoms with E-state index in [0.717, 1.165) is 35.9 Å². The van der Waals surface area contributed by atoms with Crippen LogP contribution in [0.1, 0.15) is 78.1 Å². The molecule has 3 rings (SSSR count). The third kappa shape index (κ3) is 4.01. The van der Waals surface area contributed by atoms with Crippen molar-refractivity contribution in [3.8, 4) is 0 Å². The van der Waals surface area contributed by atoms with Crippen molar-refractivity contribution in [2.24, 2.45) is 17.8 Å². The Kier molecular flexibility index (Phi) is 5.61. The molecule has 3 aliphatic rings. The van der Waals surface area contributed by atoms with E-state index in [0.29, 0.717) is 0 Å². The Morgan fingerprint density at radius 2 is 1.62 bits per heavy atom. The molecule has 6 atom stereocenters. The summed E-state index contributed by atoms with van der Waals surface area (Å²) in [5, 5.41) is 7.97.